The average Bonchev–Trinajstić information content (AvgIpc) is 3.04. The Balaban J connectivity index is 0.00000442. The molecule has 0 unspecified atom stereocenters. The number of hydrogen-bond acceptors (Lipinski definition) is 8. The molecule has 245 valence electrons. The Labute approximate surface area is 253 Å². The van der Waals surface area contributed by atoms with E-state index in [1.54, 1.807) is 18.2 Å². The topological polar surface area (TPSA) is 91.8 Å². The van der Waals surface area contributed by atoms with E-state index < -0.39 is 11.8 Å². The van der Waals surface area contributed by atoms with Gasteiger partial charge in [-0.15, -0.1) is 5.10 Å². The minimum atomic E-state index is -2.88. The number of nitrogens with zero attached hydrogens (tertiary/aromatic N) is 3. The van der Waals surface area contributed by atoms with Gasteiger partial charge in [-0.25, -0.2) is 8.78 Å². The number of fused-ring (bicyclic) bond motifs is 1. The van der Waals surface area contributed by atoms with Gasteiger partial charge in [0, 0.05) is 48.3 Å². The second-order valence-electron chi connectivity index (χ2n) is 11.7. The number of halogens is 2. The van der Waals surface area contributed by atoms with Gasteiger partial charge in [0.25, 0.3) is 5.92 Å². The first kappa shape index (κ1) is 32.8. The van der Waals surface area contributed by atoms with Crippen LogP contribution in [-0.2, 0) is 10.7 Å². The van der Waals surface area contributed by atoms with Gasteiger partial charge >= 0.3 is 0 Å². The predicted molar refractivity (Wildman–Crippen MR) is 166 cm³/mol. The summed E-state index contributed by atoms with van der Waals surface area (Å²) >= 11 is 0. The number of benzene rings is 2. The molecule has 2 aliphatic rings. The van der Waals surface area contributed by atoms with E-state index in [2.05, 4.69) is 37.9 Å². The first-order valence-electron chi connectivity index (χ1n) is 15.7. The molecule has 11 heteroatoms. The van der Waals surface area contributed by atoms with Crippen LogP contribution in [0.4, 0.5) is 20.3 Å². The number of anilines is 2. The largest absolute Gasteiger partial charge is 0.493 e. The normalized spacial score (nSPS) is 16.9. The van der Waals surface area contributed by atoms with E-state index in [0.717, 1.165) is 72.2 Å². The number of hydrogen-bond donors (Lipinski definition) is 3. The van der Waals surface area contributed by atoms with Gasteiger partial charge in [-0.3, -0.25) is 0 Å². The predicted octanol–water partition coefficient (Wildman–Crippen LogP) is 5.97. The second-order valence-corrected chi connectivity index (χ2v) is 11.7. The van der Waals surface area contributed by atoms with Gasteiger partial charge in [0.15, 0.2) is 5.82 Å². The number of rotatable bonds is 13. The van der Waals surface area contributed by atoms with Gasteiger partial charge in [-0.05, 0) is 76.7 Å². The third-order valence-electron chi connectivity index (χ3n) is 8.67. The van der Waals surface area contributed by atoms with E-state index in [0.29, 0.717) is 51.6 Å². The van der Waals surface area contributed by atoms with Crippen molar-refractivity contribution in [2.75, 3.05) is 62.8 Å². The number of nitrogens with one attached hydrogen (secondary N) is 2. The summed E-state index contributed by atoms with van der Waals surface area (Å²) < 4.78 is 43.0. The zero-order valence-electron chi connectivity index (χ0n) is 25.7. The zero-order chi connectivity index (χ0) is 30.2. The molecule has 2 aromatic carbocycles. The fraction of sp³-hybridized carbons (Fsp3) is 0.576. The molecule has 0 bridgehead atoms. The molecule has 5 rings (SSSR count). The molecule has 0 aliphatic carbocycles. The van der Waals surface area contributed by atoms with Crippen molar-refractivity contribution in [1.82, 2.24) is 15.5 Å². The van der Waals surface area contributed by atoms with Crippen LogP contribution < -0.4 is 20.3 Å². The zero-order valence-corrected chi connectivity index (χ0v) is 28.2. The van der Waals surface area contributed by atoms with E-state index in [1.807, 2.05) is 19.9 Å². The van der Waals surface area contributed by atoms with Crippen LogP contribution in [0.2, 0.25) is 0 Å². The van der Waals surface area contributed by atoms with Gasteiger partial charge in [-0.2, -0.15) is 5.10 Å². The van der Waals surface area contributed by atoms with Crippen molar-refractivity contribution in [1.29, 1.82) is 0 Å². The number of piperidine rings is 1. The van der Waals surface area contributed by atoms with Gasteiger partial charge in [-0.1, -0.05) is 24.6 Å². The molecule has 1 aromatic heterocycles. The Morgan fingerprint density at radius 3 is 2.59 bits per heavy atom. The molecule has 2 saturated heterocycles. The molecule has 8 nitrogen and oxygen atoms in total. The molecule has 0 saturated carbocycles. The molecule has 44 heavy (non-hydrogen) atoms. The Morgan fingerprint density at radius 2 is 1.84 bits per heavy atom. The van der Waals surface area contributed by atoms with Crippen molar-refractivity contribution >= 4 is 22.3 Å². The summed E-state index contributed by atoms with van der Waals surface area (Å²) in [7, 11) is 0. The van der Waals surface area contributed by atoms with Crippen LogP contribution in [0.25, 0.3) is 10.8 Å². The van der Waals surface area contributed by atoms with E-state index in [-0.39, 0.29) is 18.2 Å². The van der Waals surface area contributed by atoms with Crippen LogP contribution in [0.1, 0.15) is 68.3 Å². The molecule has 2 aliphatic heterocycles. The van der Waals surface area contributed by atoms with Crippen LogP contribution in [0, 0.1) is 12.8 Å². The Bertz CT molecular complexity index is 1350. The van der Waals surface area contributed by atoms with Crippen molar-refractivity contribution in [2.45, 2.75) is 64.3 Å². The molecule has 3 heterocycles. The fourth-order valence-electron chi connectivity index (χ4n) is 6.09. The number of morpholine rings is 1. The smallest absolute Gasteiger partial charge is 0.276 e. The van der Waals surface area contributed by atoms with Crippen molar-refractivity contribution in [2.24, 2.45) is 5.92 Å². The number of aliphatic hydroxyl groups is 1. The summed E-state index contributed by atoms with van der Waals surface area (Å²) in [6, 6.07) is 10.7. The molecule has 1 radical (unpaired) electrons. The van der Waals surface area contributed by atoms with E-state index >= 15 is 8.78 Å². The van der Waals surface area contributed by atoms with E-state index in [4.69, 9.17) is 14.6 Å². The Morgan fingerprint density at radius 1 is 1.09 bits per heavy atom. The average molecular weight is 850 g/mol. The molecule has 1 atom stereocenters. The number of aliphatic hydroxyl groups excluding tert-OH is 1. The van der Waals surface area contributed by atoms with Crippen LogP contribution in [-0.4, -0.2) is 67.9 Å². The maximum atomic E-state index is 15.5. The molecule has 3 aromatic rings. The minimum Gasteiger partial charge on any atom is -0.493 e. The van der Waals surface area contributed by atoms with Gasteiger partial charge < -0.3 is 30.1 Å². The maximum absolute atomic E-state index is 15.5. The van der Waals surface area contributed by atoms with Gasteiger partial charge in [0.05, 0.1) is 36.9 Å². The summed E-state index contributed by atoms with van der Waals surface area (Å²) in [4.78, 5) is 2.28. The first-order valence-corrected chi connectivity index (χ1v) is 15.7. The summed E-state index contributed by atoms with van der Waals surface area (Å²) in [6.07, 6.45) is 4.58. The van der Waals surface area contributed by atoms with E-state index in [1.165, 1.54) is 0 Å². The number of aryl methyl sites for hydroxylation is 1. The third-order valence-corrected chi connectivity index (χ3v) is 8.67. The van der Waals surface area contributed by atoms with Crippen molar-refractivity contribution in [3.8, 4) is 5.75 Å². The summed E-state index contributed by atoms with van der Waals surface area (Å²) in [5.74, 6) is -2.20. The fourth-order valence-corrected chi connectivity index (χ4v) is 6.09. The molecular formula is C33H45EsF2N5O3. The van der Waals surface area contributed by atoms with Crippen molar-refractivity contribution in [3.63, 3.8) is 0 Å². The monoisotopic (exact) mass is 849 g/mol. The number of aromatic nitrogens is 2. The second kappa shape index (κ2) is 15.1. The molecule has 0 spiro atoms. The van der Waals surface area contributed by atoms with Gasteiger partial charge in [0.1, 0.15) is 5.75 Å². The summed E-state index contributed by atoms with van der Waals surface area (Å²) in [6.45, 7) is 8.79. The molecule has 0 amide bonds. The molecular weight excluding hydrogens is 804 g/mol. The quantitative estimate of drug-likeness (QED) is 0.182. The van der Waals surface area contributed by atoms with Crippen LogP contribution in [0.5, 0.6) is 5.75 Å². The molecule has 3 N–H and O–H groups in total. The standard InChI is InChI=1S/C33H45F2N5O3.Es/c1-23(25-8-7-9-27(20-25)33(34,35)26-10-12-36-13-11-26)37-32-29-21-28(40-14-18-42-19-15-40)22-30(31(29)24(2)38-39-32)43-17-6-4-3-5-16-41;/h7-9,20-23,26,36,41H,3-6,10-19H2,1-2H3,(H,37,39);/t23-;/m1./s1. The maximum Gasteiger partial charge on any atom is 0.276 e. The van der Waals surface area contributed by atoms with Crippen molar-refractivity contribution in [3.05, 3.63) is 53.2 Å². The third kappa shape index (κ3) is 7.52. The number of alkyl halides is 2. The summed E-state index contributed by atoms with van der Waals surface area (Å²) in [5.41, 5.74) is 2.62. The van der Waals surface area contributed by atoms with Crippen LogP contribution >= 0.6 is 0 Å². The number of ether oxygens (including phenoxy) is 2. The van der Waals surface area contributed by atoms with Crippen LogP contribution in [0.15, 0.2) is 36.4 Å². The SMILES string of the molecule is Cc1nnc(N[C@H](C)c2cccc(C(F)(F)C3CCNCC3)c2)c2cc(N3CCOCC3)cc(OCCCCCCO)c12.[Es]. The van der Waals surface area contributed by atoms with Crippen LogP contribution in [0.3, 0.4) is 0 Å². The first-order chi connectivity index (χ1) is 20.9. The Kier molecular flexibility index (Phi) is 11.3. The van der Waals surface area contributed by atoms with Gasteiger partial charge in [0.2, 0.25) is 0 Å². The summed E-state index contributed by atoms with van der Waals surface area (Å²) in [5, 5.41) is 26.5. The Hall–Kier alpha value is -4.08. The minimum absolute atomic E-state index is 0. The number of unbranched alkanes of at least 4 members (excludes halogenated alkanes) is 3. The van der Waals surface area contributed by atoms with E-state index in [9.17, 15) is 0 Å². The van der Waals surface area contributed by atoms with Crippen molar-refractivity contribution < 1.29 is 23.4 Å². The molecule has 2 fully saturated rings.